The lowest BCUT2D eigenvalue weighted by Crippen LogP contribution is -2.21. The molecule has 18 heavy (non-hydrogen) atoms. The highest BCUT2D eigenvalue weighted by Crippen LogP contribution is 2.14. The highest BCUT2D eigenvalue weighted by molar-refractivity contribution is 7.89. The first kappa shape index (κ1) is 12.4. The van der Waals surface area contributed by atoms with Crippen molar-refractivity contribution in [2.75, 3.05) is 0 Å². The number of rotatable bonds is 4. The van der Waals surface area contributed by atoms with Gasteiger partial charge < -0.3 is 0 Å². The summed E-state index contributed by atoms with van der Waals surface area (Å²) < 4.78 is 26.6. The predicted molar refractivity (Wildman–Crippen MR) is 72.2 cm³/mol. The van der Waals surface area contributed by atoms with Crippen molar-refractivity contribution in [1.29, 1.82) is 0 Å². The van der Waals surface area contributed by atoms with Gasteiger partial charge in [0.1, 0.15) is 0 Å². The van der Waals surface area contributed by atoms with Crippen molar-refractivity contribution in [1.82, 2.24) is 4.72 Å². The highest BCUT2D eigenvalue weighted by atomic mass is 32.2. The lowest BCUT2D eigenvalue weighted by molar-refractivity contribution is 0.591. The summed E-state index contributed by atoms with van der Waals surface area (Å²) in [6.07, 6.45) is 0. The van der Waals surface area contributed by atoms with Gasteiger partial charge in [-0.3, -0.25) is 4.72 Å². The van der Waals surface area contributed by atoms with Crippen LogP contribution in [0.1, 0.15) is 5.56 Å². The van der Waals surface area contributed by atoms with Crippen molar-refractivity contribution in [2.45, 2.75) is 4.90 Å². The Balaban J connectivity index is 2.23. The summed E-state index contributed by atoms with van der Waals surface area (Å²) in [5.74, 6) is 0. The van der Waals surface area contributed by atoms with Gasteiger partial charge in [-0.1, -0.05) is 55.1 Å². The first-order chi connectivity index (χ1) is 8.59. The molecule has 4 heteroatoms. The van der Waals surface area contributed by atoms with E-state index in [0.29, 0.717) is 5.70 Å². The van der Waals surface area contributed by atoms with Crippen molar-refractivity contribution < 1.29 is 8.42 Å². The van der Waals surface area contributed by atoms with Gasteiger partial charge in [0.05, 0.1) is 4.90 Å². The molecule has 0 fully saturated rings. The van der Waals surface area contributed by atoms with Crippen LogP contribution in [0.4, 0.5) is 0 Å². The number of hydrogen-bond acceptors (Lipinski definition) is 2. The monoisotopic (exact) mass is 259 g/mol. The van der Waals surface area contributed by atoms with Crippen molar-refractivity contribution in [2.24, 2.45) is 0 Å². The Labute approximate surface area is 107 Å². The normalized spacial score (nSPS) is 10.9. The van der Waals surface area contributed by atoms with E-state index >= 15 is 0 Å². The third kappa shape index (κ3) is 2.78. The molecule has 0 bridgehead atoms. The van der Waals surface area contributed by atoms with Crippen LogP contribution in [0.15, 0.2) is 72.1 Å². The maximum atomic E-state index is 12.0. The molecule has 0 aromatic heterocycles. The molecule has 0 radical (unpaired) electrons. The number of hydrogen-bond donors (Lipinski definition) is 1. The van der Waals surface area contributed by atoms with Crippen LogP contribution in [0, 0.1) is 0 Å². The van der Waals surface area contributed by atoms with E-state index in [9.17, 15) is 8.42 Å². The first-order valence-electron chi connectivity index (χ1n) is 5.42. The lowest BCUT2D eigenvalue weighted by atomic mass is 10.2. The van der Waals surface area contributed by atoms with Crippen LogP contribution >= 0.6 is 0 Å². The summed E-state index contributed by atoms with van der Waals surface area (Å²) in [6, 6.07) is 17.3. The molecule has 0 amide bonds. The number of benzene rings is 2. The van der Waals surface area contributed by atoms with Gasteiger partial charge in [0.2, 0.25) is 0 Å². The molecule has 0 atom stereocenters. The second kappa shape index (κ2) is 5.06. The predicted octanol–water partition coefficient (Wildman–Crippen LogP) is 2.64. The van der Waals surface area contributed by atoms with Crippen molar-refractivity contribution in [3.05, 3.63) is 72.8 Å². The van der Waals surface area contributed by atoms with E-state index in [0.717, 1.165) is 5.56 Å². The Bertz CT molecular complexity index is 634. The molecule has 0 saturated carbocycles. The fraction of sp³-hybridized carbons (Fsp3) is 0. The molecule has 1 N–H and O–H groups in total. The van der Waals surface area contributed by atoms with E-state index in [1.807, 2.05) is 18.2 Å². The first-order valence-corrected chi connectivity index (χ1v) is 6.90. The molecule has 0 heterocycles. The summed E-state index contributed by atoms with van der Waals surface area (Å²) in [5, 5.41) is 0. The van der Waals surface area contributed by atoms with E-state index in [-0.39, 0.29) is 4.90 Å². The second-order valence-corrected chi connectivity index (χ2v) is 5.45. The summed E-state index contributed by atoms with van der Waals surface area (Å²) >= 11 is 0. The van der Waals surface area contributed by atoms with E-state index < -0.39 is 10.0 Å². The fourth-order valence-electron chi connectivity index (χ4n) is 1.52. The minimum absolute atomic E-state index is 0.224. The molecule has 0 spiro atoms. The van der Waals surface area contributed by atoms with Crippen LogP contribution in [-0.2, 0) is 10.0 Å². The van der Waals surface area contributed by atoms with Gasteiger partial charge in [0.25, 0.3) is 10.0 Å². The van der Waals surface area contributed by atoms with Gasteiger partial charge >= 0.3 is 0 Å². The summed E-state index contributed by atoms with van der Waals surface area (Å²) in [5.41, 5.74) is 1.11. The molecule has 0 aliphatic rings. The summed E-state index contributed by atoms with van der Waals surface area (Å²) in [4.78, 5) is 0.224. The summed E-state index contributed by atoms with van der Waals surface area (Å²) in [6.45, 7) is 3.75. The van der Waals surface area contributed by atoms with Gasteiger partial charge in [-0.05, 0) is 17.7 Å². The summed E-state index contributed by atoms with van der Waals surface area (Å²) in [7, 11) is -3.56. The maximum Gasteiger partial charge on any atom is 0.261 e. The van der Waals surface area contributed by atoms with Crippen LogP contribution in [0.3, 0.4) is 0 Å². The van der Waals surface area contributed by atoms with Crippen LogP contribution in [0.5, 0.6) is 0 Å². The smallest absolute Gasteiger partial charge is 0.261 e. The minimum atomic E-state index is -3.56. The van der Waals surface area contributed by atoms with Crippen molar-refractivity contribution >= 4 is 15.7 Å². The molecule has 0 unspecified atom stereocenters. The average Bonchev–Trinajstić information content (AvgIpc) is 2.40. The SMILES string of the molecule is C=C(NS(=O)(=O)c1ccccc1)c1ccccc1. The van der Waals surface area contributed by atoms with Gasteiger partial charge in [-0.25, -0.2) is 8.42 Å². The average molecular weight is 259 g/mol. The van der Waals surface area contributed by atoms with Gasteiger partial charge in [0.15, 0.2) is 0 Å². The topological polar surface area (TPSA) is 46.2 Å². The van der Waals surface area contributed by atoms with Gasteiger partial charge in [0, 0.05) is 5.70 Å². The minimum Gasteiger partial charge on any atom is -0.280 e. The van der Waals surface area contributed by atoms with Crippen LogP contribution in [0.25, 0.3) is 5.70 Å². The zero-order chi connectivity index (χ0) is 13.0. The number of nitrogens with one attached hydrogen (secondary N) is 1. The molecule has 2 aromatic rings. The number of sulfonamides is 1. The van der Waals surface area contributed by atoms with Crippen LogP contribution in [-0.4, -0.2) is 8.42 Å². The van der Waals surface area contributed by atoms with E-state index in [1.165, 1.54) is 0 Å². The van der Waals surface area contributed by atoms with Crippen molar-refractivity contribution in [3.63, 3.8) is 0 Å². The van der Waals surface area contributed by atoms with Gasteiger partial charge in [-0.2, -0.15) is 0 Å². The molecular weight excluding hydrogens is 246 g/mol. The molecule has 0 aliphatic heterocycles. The van der Waals surface area contributed by atoms with Crippen LogP contribution in [0.2, 0.25) is 0 Å². The molecule has 3 nitrogen and oxygen atoms in total. The Hall–Kier alpha value is -2.07. The third-order valence-corrected chi connectivity index (χ3v) is 3.84. The largest absolute Gasteiger partial charge is 0.280 e. The Morgan fingerprint density at radius 1 is 0.889 bits per heavy atom. The van der Waals surface area contributed by atoms with Gasteiger partial charge in [-0.15, -0.1) is 0 Å². The second-order valence-electron chi connectivity index (χ2n) is 3.76. The Kier molecular flexibility index (Phi) is 3.48. The Morgan fingerprint density at radius 2 is 1.39 bits per heavy atom. The quantitative estimate of drug-likeness (QED) is 0.917. The standard InChI is InChI=1S/C14H13NO2S/c1-12(13-8-4-2-5-9-13)15-18(16,17)14-10-6-3-7-11-14/h2-11,15H,1H2. The molecule has 0 saturated heterocycles. The third-order valence-electron chi connectivity index (χ3n) is 2.43. The van der Waals surface area contributed by atoms with Crippen LogP contribution < -0.4 is 4.72 Å². The molecule has 92 valence electrons. The molecule has 2 aromatic carbocycles. The molecule has 2 rings (SSSR count). The molecular formula is C14H13NO2S. The zero-order valence-electron chi connectivity index (χ0n) is 9.71. The molecule has 0 aliphatic carbocycles. The lowest BCUT2D eigenvalue weighted by Gasteiger charge is -2.10. The Morgan fingerprint density at radius 3 is 1.94 bits per heavy atom. The maximum absolute atomic E-state index is 12.0. The van der Waals surface area contributed by atoms with E-state index in [2.05, 4.69) is 11.3 Å². The fourth-order valence-corrected chi connectivity index (χ4v) is 2.59. The zero-order valence-corrected chi connectivity index (χ0v) is 10.5. The highest BCUT2D eigenvalue weighted by Gasteiger charge is 2.14. The van der Waals surface area contributed by atoms with Crippen molar-refractivity contribution in [3.8, 4) is 0 Å². The van der Waals surface area contributed by atoms with E-state index in [1.54, 1.807) is 42.5 Å². The van der Waals surface area contributed by atoms with E-state index in [4.69, 9.17) is 0 Å².